The summed E-state index contributed by atoms with van der Waals surface area (Å²) in [5, 5.41) is 0. The second-order valence-electron chi connectivity index (χ2n) is 5.90. The van der Waals surface area contributed by atoms with E-state index in [0.717, 1.165) is 0 Å². The predicted molar refractivity (Wildman–Crippen MR) is 78.6 cm³/mol. The van der Waals surface area contributed by atoms with Gasteiger partial charge in [-0.3, -0.25) is 0 Å². The topological polar surface area (TPSA) is 3.88 Å². The van der Waals surface area contributed by atoms with Gasteiger partial charge in [0, 0.05) is 0 Å². The van der Waals surface area contributed by atoms with Gasteiger partial charge in [0.15, 0.2) is 0 Å². The van der Waals surface area contributed by atoms with Crippen LogP contribution in [0.1, 0.15) is 11.0 Å². The SMILES string of the molecule is Cc1[se]c2ccccc2[n+]1CCC[Si](C)(C)C. The molecule has 92 valence electrons. The molecule has 0 aliphatic rings. The van der Waals surface area contributed by atoms with Crippen molar-refractivity contribution in [3.63, 3.8) is 0 Å². The zero-order valence-corrected chi connectivity index (χ0v) is 14.0. The second-order valence-corrected chi connectivity index (χ2v) is 14.1. The van der Waals surface area contributed by atoms with Crippen molar-refractivity contribution in [3.05, 3.63) is 28.8 Å². The van der Waals surface area contributed by atoms with Crippen LogP contribution in [0.4, 0.5) is 0 Å². The fraction of sp³-hybridized carbons (Fsp3) is 0.500. The molecule has 3 heteroatoms. The Balaban J connectivity index is 2.15. The molecule has 0 unspecified atom stereocenters. The van der Waals surface area contributed by atoms with Crippen molar-refractivity contribution in [3.8, 4) is 0 Å². The van der Waals surface area contributed by atoms with Crippen molar-refractivity contribution < 1.29 is 4.57 Å². The third-order valence-corrected chi connectivity index (χ3v) is 7.22. The number of hydrogen-bond donors (Lipinski definition) is 0. The molecule has 0 atom stereocenters. The third kappa shape index (κ3) is 3.31. The molecule has 0 aliphatic carbocycles. The van der Waals surface area contributed by atoms with Gasteiger partial charge < -0.3 is 0 Å². The van der Waals surface area contributed by atoms with Crippen molar-refractivity contribution in [1.82, 2.24) is 0 Å². The summed E-state index contributed by atoms with van der Waals surface area (Å²) in [5.41, 5.74) is 1.47. The van der Waals surface area contributed by atoms with Crippen LogP contribution >= 0.6 is 0 Å². The Morgan fingerprint density at radius 3 is 2.59 bits per heavy atom. The van der Waals surface area contributed by atoms with Gasteiger partial charge in [0.05, 0.1) is 0 Å². The van der Waals surface area contributed by atoms with E-state index in [-0.39, 0.29) is 0 Å². The monoisotopic (exact) mass is 312 g/mol. The van der Waals surface area contributed by atoms with Gasteiger partial charge in [-0.1, -0.05) is 0 Å². The minimum absolute atomic E-state index is 0.565. The maximum absolute atomic E-state index is 2.55. The number of para-hydroxylation sites is 1. The number of rotatable bonds is 4. The van der Waals surface area contributed by atoms with Crippen LogP contribution in [-0.2, 0) is 6.54 Å². The molecule has 0 radical (unpaired) electrons. The zero-order valence-electron chi connectivity index (χ0n) is 11.3. The Kier molecular flexibility index (Phi) is 3.91. The maximum atomic E-state index is 2.55. The van der Waals surface area contributed by atoms with Crippen LogP contribution in [0.2, 0.25) is 25.7 Å². The number of fused-ring (bicyclic) bond motifs is 1. The first-order valence-electron chi connectivity index (χ1n) is 6.35. The van der Waals surface area contributed by atoms with Crippen molar-refractivity contribution in [2.75, 3.05) is 0 Å². The minimum atomic E-state index is -0.874. The van der Waals surface area contributed by atoms with E-state index < -0.39 is 8.07 Å². The summed E-state index contributed by atoms with van der Waals surface area (Å²) in [7, 11) is -0.874. The Morgan fingerprint density at radius 2 is 1.88 bits per heavy atom. The average Bonchev–Trinajstić information content (AvgIpc) is 2.54. The molecule has 0 bridgehead atoms. The normalized spacial score (nSPS) is 12.2. The second kappa shape index (κ2) is 5.09. The molecule has 0 fully saturated rings. The van der Waals surface area contributed by atoms with E-state index >= 15 is 0 Å². The van der Waals surface area contributed by atoms with Crippen LogP contribution in [0.3, 0.4) is 0 Å². The van der Waals surface area contributed by atoms with Crippen LogP contribution in [0.25, 0.3) is 9.78 Å². The standard InChI is InChI=1S/C14H22NSeSi/c1-12-15(10-7-11-17(2,3)4)13-8-5-6-9-14(13)16-12/h5-6,8-9H,7,10-11H2,1-4H3/q+1. The Labute approximate surface area is 111 Å². The first kappa shape index (κ1) is 13.1. The quantitative estimate of drug-likeness (QED) is 0.603. The first-order chi connectivity index (χ1) is 7.97. The molecule has 1 nitrogen and oxygen atoms in total. The molecule has 0 N–H and O–H groups in total. The average molecular weight is 311 g/mol. The Hall–Kier alpha value is -0.374. The summed E-state index contributed by atoms with van der Waals surface area (Å²) in [5.74, 6) is 0. The molecular formula is C14H22NSeSi+. The van der Waals surface area contributed by atoms with Gasteiger partial charge in [0.25, 0.3) is 0 Å². The summed E-state index contributed by atoms with van der Waals surface area (Å²) in [6.07, 6.45) is 1.34. The van der Waals surface area contributed by atoms with E-state index in [0.29, 0.717) is 14.5 Å². The van der Waals surface area contributed by atoms with E-state index in [1.54, 1.807) is 8.83 Å². The third-order valence-electron chi connectivity index (χ3n) is 3.10. The molecule has 1 heterocycles. The molecule has 0 spiro atoms. The molecule has 0 saturated carbocycles. The molecule has 0 amide bonds. The van der Waals surface area contributed by atoms with Gasteiger partial charge in [0.2, 0.25) is 0 Å². The number of aromatic nitrogens is 1. The molecular weight excluding hydrogens is 289 g/mol. The van der Waals surface area contributed by atoms with Gasteiger partial charge in [-0.15, -0.1) is 0 Å². The summed E-state index contributed by atoms with van der Waals surface area (Å²) in [4.78, 5) is 0. The Morgan fingerprint density at radius 1 is 1.18 bits per heavy atom. The molecule has 2 aromatic rings. The fourth-order valence-electron chi connectivity index (χ4n) is 2.20. The molecule has 1 aromatic heterocycles. The Bertz CT molecular complexity index is 510. The first-order valence-corrected chi connectivity index (χ1v) is 11.8. The molecule has 0 saturated heterocycles. The zero-order chi connectivity index (χ0) is 12.5. The number of hydrogen-bond acceptors (Lipinski definition) is 0. The van der Waals surface area contributed by atoms with Crippen LogP contribution in [-0.4, -0.2) is 22.6 Å². The van der Waals surface area contributed by atoms with Gasteiger partial charge >= 0.3 is 111 Å². The number of nitrogens with zero attached hydrogens (tertiary/aromatic N) is 1. The van der Waals surface area contributed by atoms with Gasteiger partial charge in [0.1, 0.15) is 0 Å². The molecule has 2 rings (SSSR count). The van der Waals surface area contributed by atoms with E-state index in [9.17, 15) is 0 Å². The van der Waals surface area contributed by atoms with E-state index in [2.05, 4.69) is 55.4 Å². The van der Waals surface area contributed by atoms with E-state index in [1.165, 1.54) is 24.5 Å². The van der Waals surface area contributed by atoms with Crippen molar-refractivity contribution in [2.24, 2.45) is 0 Å². The van der Waals surface area contributed by atoms with Gasteiger partial charge in [-0.05, 0) is 0 Å². The van der Waals surface area contributed by atoms with Crippen LogP contribution in [0.5, 0.6) is 0 Å². The van der Waals surface area contributed by atoms with Crippen molar-refractivity contribution >= 4 is 32.4 Å². The predicted octanol–water partition coefficient (Wildman–Crippen LogP) is 3.22. The number of benzene rings is 1. The summed E-state index contributed by atoms with van der Waals surface area (Å²) < 4.78 is 5.69. The summed E-state index contributed by atoms with van der Waals surface area (Å²) >= 11 is 0.565. The molecule has 1 aromatic carbocycles. The van der Waals surface area contributed by atoms with Crippen molar-refractivity contribution in [2.45, 2.75) is 45.6 Å². The molecule has 0 aliphatic heterocycles. The fourth-order valence-corrected chi connectivity index (χ4v) is 5.61. The summed E-state index contributed by atoms with van der Waals surface area (Å²) in [6.45, 7) is 10.9. The van der Waals surface area contributed by atoms with Crippen LogP contribution < -0.4 is 4.57 Å². The van der Waals surface area contributed by atoms with Gasteiger partial charge in [-0.2, -0.15) is 0 Å². The van der Waals surface area contributed by atoms with Crippen LogP contribution in [0, 0.1) is 6.92 Å². The van der Waals surface area contributed by atoms with E-state index in [1.807, 2.05) is 0 Å². The van der Waals surface area contributed by atoms with Gasteiger partial charge in [-0.25, -0.2) is 0 Å². The number of aryl methyl sites for hydroxylation is 2. The van der Waals surface area contributed by atoms with Crippen molar-refractivity contribution in [1.29, 1.82) is 0 Å². The van der Waals surface area contributed by atoms with Crippen LogP contribution in [0.15, 0.2) is 24.3 Å². The molecule has 17 heavy (non-hydrogen) atoms. The van der Waals surface area contributed by atoms with E-state index in [4.69, 9.17) is 0 Å². The summed E-state index contributed by atoms with van der Waals surface area (Å²) in [6, 6.07) is 10.3.